The van der Waals surface area contributed by atoms with E-state index in [9.17, 15) is 0 Å². The van der Waals surface area contributed by atoms with Crippen LogP contribution >= 0.6 is 11.6 Å². The SMILES string of the molecule is COCc1cc(Cl)nc(C2CCOc3ccccc32)n1. The molecule has 1 unspecified atom stereocenters. The van der Waals surface area contributed by atoms with E-state index in [4.69, 9.17) is 21.1 Å². The van der Waals surface area contributed by atoms with Crippen LogP contribution in [0.25, 0.3) is 0 Å². The molecule has 1 aromatic heterocycles. The molecular formula is C15H15ClN2O2. The van der Waals surface area contributed by atoms with Crippen LogP contribution in [0.5, 0.6) is 5.75 Å². The fraction of sp³-hybridized carbons (Fsp3) is 0.333. The number of fused-ring (bicyclic) bond motifs is 1. The van der Waals surface area contributed by atoms with Crippen molar-refractivity contribution in [2.75, 3.05) is 13.7 Å². The average Bonchev–Trinajstić information content (AvgIpc) is 2.46. The van der Waals surface area contributed by atoms with E-state index in [2.05, 4.69) is 16.0 Å². The Morgan fingerprint density at radius 3 is 3.05 bits per heavy atom. The lowest BCUT2D eigenvalue weighted by Gasteiger charge is -2.25. The summed E-state index contributed by atoms with van der Waals surface area (Å²) in [5, 5.41) is 0.450. The number of ether oxygens (including phenoxy) is 2. The lowest BCUT2D eigenvalue weighted by Crippen LogP contribution is -2.17. The summed E-state index contributed by atoms with van der Waals surface area (Å²) in [5.74, 6) is 1.76. The average molecular weight is 291 g/mol. The van der Waals surface area contributed by atoms with Crippen molar-refractivity contribution in [3.63, 3.8) is 0 Å². The van der Waals surface area contributed by atoms with E-state index in [1.54, 1.807) is 13.2 Å². The molecule has 20 heavy (non-hydrogen) atoms. The first kappa shape index (κ1) is 13.3. The van der Waals surface area contributed by atoms with Crippen LogP contribution in [0.1, 0.15) is 29.4 Å². The predicted molar refractivity (Wildman–Crippen MR) is 76.2 cm³/mol. The molecule has 0 bridgehead atoms. The van der Waals surface area contributed by atoms with Crippen molar-refractivity contribution < 1.29 is 9.47 Å². The molecule has 1 atom stereocenters. The molecule has 2 aromatic rings. The maximum atomic E-state index is 6.09. The lowest BCUT2D eigenvalue weighted by atomic mass is 9.92. The Labute approximate surface area is 122 Å². The van der Waals surface area contributed by atoms with Crippen LogP contribution in [-0.2, 0) is 11.3 Å². The number of para-hydroxylation sites is 1. The van der Waals surface area contributed by atoms with E-state index in [-0.39, 0.29) is 5.92 Å². The quantitative estimate of drug-likeness (QED) is 0.814. The summed E-state index contributed by atoms with van der Waals surface area (Å²) in [6.07, 6.45) is 0.851. The predicted octanol–water partition coefficient (Wildman–Crippen LogP) is 3.19. The molecular weight excluding hydrogens is 276 g/mol. The standard InChI is InChI=1S/C15H15ClN2O2/c1-19-9-10-8-14(16)18-15(17-10)12-6-7-20-13-5-3-2-4-11(12)13/h2-5,8,12H,6-7,9H2,1H3. The third-order valence-electron chi connectivity index (χ3n) is 3.33. The second kappa shape index (κ2) is 5.77. The van der Waals surface area contributed by atoms with E-state index in [0.717, 1.165) is 29.3 Å². The van der Waals surface area contributed by atoms with Crippen molar-refractivity contribution >= 4 is 11.6 Å². The van der Waals surface area contributed by atoms with Crippen molar-refractivity contribution in [1.82, 2.24) is 9.97 Å². The highest BCUT2D eigenvalue weighted by atomic mass is 35.5. The topological polar surface area (TPSA) is 44.2 Å². The molecule has 1 aliphatic heterocycles. The molecule has 0 saturated carbocycles. The Morgan fingerprint density at radius 1 is 1.35 bits per heavy atom. The van der Waals surface area contributed by atoms with E-state index >= 15 is 0 Å². The Balaban J connectivity index is 2.01. The van der Waals surface area contributed by atoms with Crippen molar-refractivity contribution in [3.8, 4) is 5.75 Å². The maximum absolute atomic E-state index is 6.09. The summed E-state index contributed by atoms with van der Waals surface area (Å²) >= 11 is 6.09. The van der Waals surface area contributed by atoms with Crippen LogP contribution in [0.4, 0.5) is 0 Å². The molecule has 1 aliphatic rings. The van der Waals surface area contributed by atoms with Gasteiger partial charge >= 0.3 is 0 Å². The van der Waals surface area contributed by atoms with Gasteiger partial charge in [-0.3, -0.25) is 0 Å². The number of hydrogen-bond acceptors (Lipinski definition) is 4. The summed E-state index contributed by atoms with van der Waals surface area (Å²) < 4.78 is 10.8. The van der Waals surface area contributed by atoms with Crippen LogP contribution in [0, 0.1) is 0 Å². The fourth-order valence-corrected chi connectivity index (χ4v) is 2.68. The first-order chi connectivity index (χ1) is 9.78. The van der Waals surface area contributed by atoms with Crippen LogP contribution < -0.4 is 4.74 Å². The maximum Gasteiger partial charge on any atom is 0.138 e. The van der Waals surface area contributed by atoms with Crippen molar-refractivity contribution in [3.05, 3.63) is 52.6 Å². The second-order valence-electron chi connectivity index (χ2n) is 4.70. The first-order valence-corrected chi connectivity index (χ1v) is 6.89. The third-order valence-corrected chi connectivity index (χ3v) is 3.52. The van der Waals surface area contributed by atoms with Crippen molar-refractivity contribution in [2.45, 2.75) is 18.9 Å². The van der Waals surface area contributed by atoms with Gasteiger partial charge in [0.25, 0.3) is 0 Å². The largest absolute Gasteiger partial charge is 0.493 e. The highest BCUT2D eigenvalue weighted by molar-refractivity contribution is 6.29. The zero-order valence-electron chi connectivity index (χ0n) is 11.2. The van der Waals surface area contributed by atoms with E-state index < -0.39 is 0 Å². The van der Waals surface area contributed by atoms with Gasteiger partial charge in [0.2, 0.25) is 0 Å². The molecule has 0 aliphatic carbocycles. The first-order valence-electron chi connectivity index (χ1n) is 6.52. The Hall–Kier alpha value is -1.65. The molecule has 5 heteroatoms. The number of hydrogen-bond donors (Lipinski definition) is 0. The molecule has 0 amide bonds. The Bertz CT molecular complexity index is 619. The van der Waals surface area contributed by atoms with Gasteiger partial charge in [-0.25, -0.2) is 9.97 Å². The molecule has 0 saturated heterocycles. The highest BCUT2D eigenvalue weighted by Crippen LogP contribution is 2.36. The molecule has 0 N–H and O–H groups in total. The van der Waals surface area contributed by atoms with Crippen LogP contribution in [0.2, 0.25) is 5.15 Å². The lowest BCUT2D eigenvalue weighted by molar-refractivity contribution is 0.181. The molecule has 3 rings (SSSR count). The molecule has 104 valence electrons. The summed E-state index contributed by atoms with van der Waals surface area (Å²) in [5.41, 5.74) is 1.91. The summed E-state index contributed by atoms with van der Waals surface area (Å²) in [6.45, 7) is 1.09. The minimum atomic E-state index is 0.120. The van der Waals surface area contributed by atoms with Gasteiger partial charge in [0.05, 0.1) is 24.8 Å². The van der Waals surface area contributed by atoms with Gasteiger partial charge < -0.3 is 9.47 Å². The smallest absolute Gasteiger partial charge is 0.138 e. The third kappa shape index (κ3) is 2.62. The van der Waals surface area contributed by atoms with E-state index in [1.807, 2.05) is 18.2 Å². The summed E-state index contributed by atoms with van der Waals surface area (Å²) in [6, 6.07) is 9.73. The number of nitrogens with zero attached hydrogens (tertiary/aromatic N) is 2. The molecule has 1 aromatic carbocycles. The van der Waals surface area contributed by atoms with Gasteiger partial charge in [0.1, 0.15) is 16.7 Å². The van der Waals surface area contributed by atoms with Crippen LogP contribution in [0.3, 0.4) is 0 Å². The fourth-order valence-electron chi connectivity index (χ4n) is 2.47. The van der Waals surface area contributed by atoms with Crippen LogP contribution in [-0.4, -0.2) is 23.7 Å². The number of halogens is 1. The Kier molecular flexibility index (Phi) is 3.85. The number of aromatic nitrogens is 2. The monoisotopic (exact) mass is 290 g/mol. The van der Waals surface area contributed by atoms with Crippen molar-refractivity contribution in [2.24, 2.45) is 0 Å². The number of benzene rings is 1. The molecule has 0 fully saturated rings. The zero-order chi connectivity index (χ0) is 13.9. The van der Waals surface area contributed by atoms with E-state index in [0.29, 0.717) is 18.4 Å². The summed E-state index contributed by atoms with van der Waals surface area (Å²) in [7, 11) is 1.64. The van der Waals surface area contributed by atoms with Gasteiger partial charge in [-0.05, 0) is 18.6 Å². The molecule has 0 radical (unpaired) electrons. The number of methoxy groups -OCH3 is 1. The Morgan fingerprint density at radius 2 is 2.20 bits per heavy atom. The molecule has 0 spiro atoms. The second-order valence-corrected chi connectivity index (χ2v) is 5.09. The van der Waals surface area contributed by atoms with Crippen molar-refractivity contribution in [1.29, 1.82) is 0 Å². The molecule has 2 heterocycles. The normalized spacial score (nSPS) is 17.4. The minimum absolute atomic E-state index is 0.120. The van der Waals surface area contributed by atoms with E-state index in [1.165, 1.54) is 0 Å². The number of rotatable bonds is 3. The van der Waals surface area contributed by atoms with Gasteiger partial charge in [0, 0.05) is 12.7 Å². The van der Waals surface area contributed by atoms with Gasteiger partial charge in [-0.1, -0.05) is 29.8 Å². The van der Waals surface area contributed by atoms with Gasteiger partial charge in [-0.15, -0.1) is 0 Å². The minimum Gasteiger partial charge on any atom is -0.493 e. The zero-order valence-corrected chi connectivity index (χ0v) is 11.9. The van der Waals surface area contributed by atoms with Crippen LogP contribution in [0.15, 0.2) is 30.3 Å². The van der Waals surface area contributed by atoms with Gasteiger partial charge in [-0.2, -0.15) is 0 Å². The molecule has 4 nitrogen and oxygen atoms in total. The van der Waals surface area contributed by atoms with Gasteiger partial charge in [0.15, 0.2) is 0 Å². The highest BCUT2D eigenvalue weighted by Gasteiger charge is 2.25. The summed E-state index contributed by atoms with van der Waals surface area (Å²) in [4.78, 5) is 8.95.